The topological polar surface area (TPSA) is 46.5 Å². The summed E-state index contributed by atoms with van der Waals surface area (Å²) in [5.41, 5.74) is 0. The number of aliphatic hydroxyl groups is 1. The molecule has 3 nitrogen and oxygen atoms in total. The molecule has 1 aliphatic carbocycles. The van der Waals surface area contributed by atoms with Crippen molar-refractivity contribution in [2.75, 3.05) is 20.0 Å². The smallest absolute Gasteiger partial charge is 0.348 e. The number of aliphatic hydroxyl groups excluding tert-OH is 1. The van der Waals surface area contributed by atoms with Crippen LogP contribution < -0.4 is 0 Å². The van der Waals surface area contributed by atoms with E-state index in [1.165, 1.54) is 29.7 Å². The Hall–Kier alpha value is -0.430. The lowest BCUT2D eigenvalue weighted by molar-refractivity contribution is 0.0606. The normalized spacial score (nSPS) is 16.5. The molecule has 1 aliphatic rings. The second-order valence-corrected chi connectivity index (χ2v) is 10.5. The molecule has 0 spiro atoms. The van der Waals surface area contributed by atoms with Crippen LogP contribution >= 0.6 is 57.9 Å². The van der Waals surface area contributed by atoms with Crippen LogP contribution in [0.4, 0.5) is 0 Å². The Morgan fingerprint density at radius 2 is 1.78 bits per heavy atom. The van der Waals surface area contributed by atoms with E-state index in [0.29, 0.717) is 20.3 Å². The number of benzene rings is 1. The van der Waals surface area contributed by atoms with E-state index in [1.807, 2.05) is 49.9 Å². The summed E-state index contributed by atoms with van der Waals surface area (Å²) in [6.07, 6.45) is 5.70. The van der Waals surface area contributed by atoms with Crippen LogP contribution in [0.1, 0.15) is 61.0 Å². The van der Waals surface area contributed by atoms with Gasteiger partial charge in [0, 0.05) is 38.1 Å². The van der Waals surface area contributed by atoms with Crippen molar-refractivity contribution in [1.29, 1.82) is 0 Å². The monoisotopic (exact) mass is 540 g/mol. The first-order valence-corrected chi connectivity index (χ1v) is 13.8. The number of thioether (sulfide) groups is 1. The summed E-state index contributed by atoms with van der Waals surface area (Å²) < 4.78 is 4.60. The van der Waals surface area contributed by atoms with Crippen molar-refractivity contribution < 1.29 is 14.6 Å². The number of aryl methyl sites for hydroxylation is 1. The molecule has 182 valence electrons. The van der Waals surface area contributed by atoms with E-state index < -0.39 is 0 Å². The second-order valence-electron chi connectivity index (χ2n) is 6.70. The lowest BCUT2D eigenvalue weighted by atomic mass is 10.1. The summed E-state index contributed by atoms with van der Waals surface area (Å²) in [5, 5.41) is 8.79. The third-order valence-corrected chi connectivity index (χ3v) is 7.51. The van der Waals surface area contributed by atoms with Crippen molar-refractivity contribution in [3.05, 3.63) is 50.1 Å². The van der Waals surface area contributed by atoms with Gasteiger partial charge in [-0.25, -0.2) is 4.79 Å². The molecule has 0 radical (unpaired) electrons. The van der Waals surface area contributed by atoms with Gasteiger partial charge >= 0.3 is 5.97 Å². The summed E-state index contributed by atoms with van der Waals surface area (Å²) in [7, 11) is 2.40. The van der Waals surface area contributed by atoms with Crippen molar-refractivity contribution in [1.82, 2.24) is 0 Å². The molecule has 2 unspecified atom stereocenters. The highest BCUT2D eigenvalue weighted by Gasteiger charge is 2.22. The molecular formula is C24H35Cl3O3S2. The predicted octanol–water partition coefficient (Wildman–Crippen LogP) is 8.61. The van der Waals surface area contributed by atoms with E-state index in [4.69, 9.17) is 39.9 Å². The number of esters is 1. The van der Waals surface area contributed by atoms with Gasteiger partial charge in [-0.1, -0.05) is 50.4 Å². The third-order valence-electron chi connectivity index (χ3n) is 4.34. The van der Waals surface area contributed by atoms with Crippen LogP contribution in [0.5, 0.6) is 0 Å². The van der Waals surface area contributed by atoms with E-state index in [-0.39, 0.29) is 5.97 Å². The van der Waals surface area contributed by atoms with Crippen LogP contribution in [0, 0.1) is 5.92 Å². The van der Waals surface area contributed by atoms with Gasteiger partial charge < -0.3 is 9.84 Å². The maximum absolute atomic E-state index is 11.0. The molecule has 32 heavy (non-hydrogen) atoms. The molecule has 1 saturated carbocycles. The van der Waals surface area contributed by atoms with Crippen molar-refractivity contribution in [2.24, 2.45) is 5.92 Å². The number of methoxy groups -OCH3 is 1. The quantitative estimate of drug-likeness (QED) is 0.226. The zero-order valence-electron chi connectivity index (χ0n) is 19.5. The SMILES string of the molecule is CC.CCCc1ccc(C(=O)OC)s1.CO.Clc1cc(Cl)cc(SCC2CCC(Cl)C2)c1. The number of thiophene rings is 1. The minimum atomic E-state index is -0.234. The molecule has 1 N–H and O–H groups in total. The van der Waals surface area contributed by atoms with Gasteiger partial charge in [-0.15, -0.1) is 34.7 Å². The van der Waals surface area contributed by atoms with Gasteiger partial charge in [0.05, 0.1) is 7.11 Å². The van der Waals surface area contributed by atoms with Crippen LogP contribution in [-0.2, 0) is 11.2 Å². The lowest BCUT2D eigenvalue weighted by Crippen LogP contribution is -1.98. The first-order chi connectivity index (χ1) is 15.4. The fourth-order valence-electron chi connectivity index (χ4n) is 2.96. The number of halogens is 3. The minimum Gasteiger partial charge on any atom is -0.465 e. The van der Waals surface area contributed by atoms with Gasteiger partial charge in [-0.05, 0) is 61.9 Å². The standard InChI is InChI=1S/C12H13Cl3S.C9H12O2S.C2H6.CH4O/c13-9-2-1-8(3-9)7-16-12-5-10(14)4-11(15)6-12;1-3-4-7-5-6-8(12-7)9(10)11-2;2*1-2/h4-6,8-9H,1-3,7H2;5-6H,3-4H2,1-2H3;1-2H3;2H,1H3. The largest absolute Gasteiger partial charge is 0.465 e. The summed E-state index contributed by atoms with van der Waals surface area (Å²) in [5.74, 6) is 1.62. The van der Waals surface area contributed by atoms with E-state index in [1.54, 1.807) is 6.07 Å². The molecule has 0 saturated heterocycles. The van der Waals surface area contributed by atoms with Crippen LogP contribution in [0.25, 0.3) is 0 Å². The Morgan fingerprint density at radius 1 is 1.16 bits per heavy atom. The van der Waals surface area contributed by atoms with Crippen molar-refractivity contribution >= 4 is 63.9 Å². The molecule has 1 aromatic heterocycles. The molecule has 3 rings (SSSR count). The number of alkyl halides is 1. The average molecular weight is 542 g/mol. The Kier molecular flexibility index (Phi) is 18.7. The van der Waals surface area contributed by atoms with E-state index in [9.17, 15) is 4.79 Å². The summed E-state index contributed by atoms with van der Waals surface area (Å²) in [6.45, 7) is 6.12. The number of ether oxygens (including phenoxy) is 1. The van der Waals surface area contributed by atoms with E-state index >= 15 is 0 Å². The Morgan fingerprint density at radius 3 is 2.28 bits per heavy atom. The van der Waals surface area contributed by atoms with Crippen LogP contribution in [0.3, 0.4) is 0 Å². The highest BCUT2D eigenvalue weighted by Crippen LogP contribution is 2.35. The zero-order valence-corrected chi connectivity index (χ0v) is 23.4. The molecule has 0 aliphatic heterocycles. The van der Waals surface area contributed by atoms with Gasteiger partial charge in [-0.3, -0.25) is 0 Å². The zero-order chi connectivity index (χ0) is 24.5. The number of hydrogen-bond acceptors (Lipinski definition) is 5. The first kappa shape index (κ1) is 31.6. The maximum atomic E-state index is 11.0. The molecular weight excluding hydrogens is 507 g/mol. The van der Waals surface area contributed by atoms with Gasteiger partial charge in [0.15, 0.2) is 0 Å². The highest BCUT2D eigenvalue weighted by molar-refractivity contribution is 7.99. The Bertz CT molecular complexity index is 748. The van der Waals surface area contributed by atoms with Crippen LogP contribution in [0.15, 0.2) is 35.2 Å². The molecule has 2 aromatic rings. The molecule has 2 atom stereocenters. The average Bonchev–Trinajstić information content (AvgIpc) is 3.44. The number of hydrogen-bond donors (Lipinski definition) is 1. The van der Waals surface area contributed by atoms with E-state index in [0.717, 1.165) is 49.4 Å². The Balaban J connectivity index is 0.000000536. The van der Waals surface area contributed by atoms with Gasteiger partial charge in [0.2, 0.25) is 0 Å². The molecule has 0 amide bonds. The van der Waals surface area contributed by atoms with E-state index in [2.05, 4.69) is 11.7 Å². The second kappa shape index (κ2) is 18.9. The highest BCUT2D eigenvalue weighted by atomic mass is 35.5. The molecule has 1 aromatic carbocycles. The van der Waals surface area contributed by atoms with Gasteiger partial charge in [0.1, 0.15) is 4.88 Å². The molecule has 8 heteroatoms. The van der Waals surface area contributed by atoms with Crippen molar-refractivity contribution in [3.63, 3.8) is 0 Å². The maximum Gasteiger partial charge on any atom is 0.348 e. The summed E-state index contributed by atoms with van der Waals surface area (Å²) in [4.78, 5) is 14.1. The number of carbonyl (C=O) groups is 1. The Labute approximate surface area is 216 Å². The minimum absolute atomic E-state index is 0.234. The van der Waals surface area contributed by atoms with Gasteiger partial charge in [0.25, 0.3) is 0 Å². The predicted molar refractivity (Wildman–Crippen MR) is 143 cm³/mol. The van der Waals surface area contributed by atoms with Crippen LogP contribution in [0.2, 0.25) is 10.0 Å². The fraction of sp³-hybridized carbons (Fsp3) is 0.542. The number of rotatable bonds is 6. The third kappa shape index (κ3) is 12.7. The molecule has 1 heterocycles. The van der Waals surface area contributed by atoms with Crippen molar-refractivity contribution in [3.8, 4) is 0 Å². The van der Waals surface area contributed by atoms with Crippen LogP contribution in [-0.4, -0.2) is 36.4 Å². The first-order valence-electron chi connectivity index (χ1n) is 10.8. The molecule has 0 bridgehead atoms. The fourth-order valence-corrected chi connectivity index (χ4v) is 6.17. The summed E-state index contributed by atoms with van der Waals surface area (Å²) in [6, 6.07) is 9.50. The van der Waals surface area contributed by atoms with Gasteiger partial charge in [-0.2, -0.15) is 0 Å². The van der Waals surface area contributed by atoms with Crippen molar-refractivity contribution in [2.45, 2.75) is 63.1 Å². The molecule has 1 fully saturated rings. The summed E-state index contributed by atoms with van der Waals surface area (Å²) >= 11 is 21.3. The lowest BCUT2D eigenvalue weighted by Gasteiger charge is -2.09. The number of carbonyl (C=O) groups excluding carboxylic acids is 1.